The van der Waals surface area contributed by atoms with E-state index in [1.54, 1.807) is 18.2 Å². The zero-order valence-electron chi connectivity index (χ0n) is 16.6. The van der Waals surface area contributed by atoms with Crippen LogP contribution in [0.3, 0.4) is 0 Å². The molecule has 0 radical (unpaired) electrons. The molecule has 0 fully saturated rings. The molecule has 4 rings (SSSR count). The molecule has 0 aliphatic carbocycles. The Hall–Kier alpha value is -3.51. The van der Waals surface area contributed by atoms with Gasteiger partial charge in [0, 0.05) is 17.2 Å². The molecule has 0 spiro atoms. The van der Waals surface area contributed by atoms with Crippen molar-refractivity contribution in [1.29, 1.82) is 0 Å². The van der Waals surface area contributed by atoms with Crippen LogP contribution < -0.4 is 19.9 Å². The lowest BCUT2D eigenvalue weighted by Gasteiger charge is -2.14. The third-order valence-corrected chi connectivity index (χ3v) is 4.99. The number of carbonyl (C=O) groups is 1. The van der Waals surface area contributed by atoms with Gasteiger partial charge in [0.1, 0.15) is 12.4 Å². The lowest BCUT2D eigenvalue weighted by atomic mass is 9.98. The lowest BCUT2D eigenvalue weighted by Crippen LogP contribution is -2.05. The first-order valence-corrected chi connectivity index (χ1v) is 9.72. The quantitative estimate of drug-likeness (QED) is 0.609. The van der Waals surface area contributed by atoms with Gasteiger partial charge in [-0.15, -0.1) is 0 Å². The topological polar surface area (TPSA) is 91.0 Å². The summed E-state index contributed by atoms with van der Waals surface area (Å²) in [6.07, 6.45) is -0.0992. The molecule has 30 heavy (non-hydrogen) atoms. The Labute approximate surface area is 174 Å². The molecule has 6 heteroatoms. The van der Waals surface area contributed by atoms with Gasteiger partial charge >= 0.3 is 5.97 Å². The summed E-state index contributed by atoms with van der Waals surface area (Å²) in [6, 6.07) is 19.1. The van der Waals surface area contributed by atoms with Gasteiger partial charge in [-0.05, 0) is 47.9 Å². The number of aliphatic carboxylic acids is 1. The minimum absolute atomic E-state index is 0.0625. The van der Waals surface area contributed by atoms with Crippen molar-refractivity contribution in [1.82, 2.24) is 0 Å². The molecule has 154 valence electrons. The van der Waals surface area contributed by atoms with Crippen molar-refractivity contribution in [3.8, 4) is 28.4 Å². The smallest absolute Gasteiger partial charge is 0.307 e. The van der Waals surface area contributed by atoms with Crippen molar-refractivity contribution in [3.63, 3.8) is 0 Å². The zero-order valence-corrected chi connectivity index (χ0v) is 16.6. The molecular formula is C24H23NO5. The van der Waals surface area contributed by atoms with E-state index in [0.29, 0.717) is 22.8 Å². The van der Waals surface area contributed by atoms with Gasteiger partial charge in [0.05, 0.1) is 6.42 Å². The fraction of sp³-hybridized carbons (Fsp3) is 0.208. The molecule has 6 nitrogen and oxygen atoms in total. The van der Waals surface area contributed by atoms with Gasteiger partial charge < -0.3 is 25.1 Å². The van der Waals surface area contributed by atoms with Crippen LogP contribution in [-0.2, 0) is 17.8 Å². The molecule has 1 aliphatic rings. The lowest BCUT2D eigenvalue weighted by molar-refractivity contribution is -0.136. The first-order chi connectivity index (χ1) is 14.5. The van der Waals surface area contributed by atoms with Crippen LogP contribution in [0, 0.1) is 0 Å². The van der Waals surface area contributed by atoms with Gasteiger partial charge in [-0.1, -0.05) is 36.4 Å². The summed E-state index contributed by atoms with van der Waals surface area (Å²) in [7, 11) is 0. The van der Waals surface area contributed by atoms with Crippen LogP contribution in [0.1, 0.15) is 29.7 Å². The van der Waals surface area contributed by atoms with Crippen LogP contribution in [0.15, 0.2) is 60.7 Å². The maximum absolute atomic E-state index is 11.1. The third kappa shape index (κ3) is 4.23. The Bertz CT molecular complexity index is 1080. The van der Waals surface area contributed by atoms with Crippen LogP contribution in [0.5, 0.6) is 17.2 Å². The van der Waals surface area contributed by atoms with Gasteiger partial charge in [0.25, 0.3) is 0 Å². The molecule has 3 aromatic rings. The molecule has 0 unspecified atom stereocenters. The second-order valence-electron chi connectivity index (χ2n) is 7.25. The predicted molar refractivity (Wildman–Crippen MR) is 113 cm³/mol. The maximum Gasteiger partial charge on any atom is 0.307 e. The fourth-order valence-electron chi connectivity index (χ4n) is 3.47. The number of carboxylic acid groups (broad SMARTS) is 1. The molecule has 0 amide bonds. The number of benzene rings is 3. The fourth-order valence-corrected chi connectivity index (χ4v) is 3.47. The van der Waals surface area contributed by atoms with Crippen LogP contribution in [-0.4, -0.2) is 17.9 Å². The number of nitrogens with two attached hydrogens (primary N) is 1. The van der Waals surface area contributed by atoms with E-state index in [4.69, 9.17) is 25.1 Å². The van der Waals surface area contributed by atoms with Crippen molar-refractivity contribution < 1.29 is 24.1 Å². The molecule has 0 saturated carbocycles. The highest BCUT2D eigenvalue weighted by Gasteiger charge is 2.21. The standard InChI is InChI=1S/C24H23NO5/c1-15(25)16-6-4-7-17(9-16)19-10-20(24-22(11-19)29-14-30-24)13-28-21-8-3-2-5-18(21)12-23(26)27/h2-11,15H,12-14,25H2,1H3,(H,26,27)/t15-/m1/s1. The van der Waals surface area contributed by atoms with Gasteiger partial charge in [0.2, 0.25) is 6.79 Å². The highest BCUT2D eigenvalue weighted by Crippen LogP contribution is 2.40. The minimum Gasteiger partial charge on any atom is -0.488 e. The molecule has 0 bridgehead atoms. The van der Waals surface area contributed by atoms with E-state index in [1.807, 2.05) is 43.3 Å². The molecule has 1 aliphatic heterocycles. The molecule has 0 aromatic heterocycles. The second kappa shape index (κ2) is 8.47. The van der Waals surface area contributed by atoms with Gasteiger partial charge in [-0.25, -0.2) is 0 Å². The summed E-state index contributed by atoms with van der Waals surface area (Å²) >= 11 is 0. The van der Waals surface area contributed by atoms with Crippen molar-refractivity contribution in [2.45, 2.75) is 26.0 Å². The Morgan fingerprint density at radius 1 is 1.07 bits per heavy atom. The average molecular weight is 405 g/mol. The second-order valence-corrected chi connectivity index (χ2v) is 7.25. The van der Waals surface area contributed by atoms with Crippen molar-refractivity contribution >= 4 is 5.97 Å². The molecule has 3 N–H and O–H groups in total. The van der Waals surface area contributed by atoms with Gasteiger partial charge in [-0.2, -0.15) is 0 Å². The van der Waals surface area contributed by atoms with E-state index in [0.717, 1.165) is 22.3 Å². The third-order valence-electron chi connectivity index (χ3n) is 4.99. The van der Waals surface area contributed by atoms with Crippen LogP contribution in [0.25, 0.3) is 11.1 Å². The number of hydrogen-bond donors (Lipinski definition) is 2. The highest BCUT2D eigenvalue weighted by atomic mass is 16.7. The first kappa shape index (κ1) is 19.8. The van der Waals surface area contributed by atoms with Crippen LogP contribution in [0.2, 0.25) is 0 Å². The van der Waals surface area contributed by atoms with E-state index in [-0.39, 0.29) is 25.9 Å². The van der Waals surface area contributed by atoms with E-state index >= 15 is 0 Å². The van der Waals surface area contributed by atoms with E-state index in [1.165, 1.54) is 0 Å². The summed E-state index contributed by atoms with van der Waals surface area (Å²) in [5.41, 5.74) is 10.5. The Balaban J connectivity index is 1.65. The van der Waals surface area contributed by atoms with Crippen molar-refractivity contribution in [2.75, 3.05) is 6.79 Å². The summed E-state index contributed by atoms with van der Waals surface area (Å²) in [6.45, 7) is 2.33. The zero-order chi connectivity index (χ0) is 21.1. The Morgan fingerprint density at radius 2 is 1.90 bits per heavy atom. The largest absolute Gasteiger partial charge is 0.488 e. The number of hydrogen-bond acceptors (Lipinski definition) is 5. The van der Waals surface area contributed by atoms with Crippen LogP contribution in [0.4, 0.5) is 0 Å². The number of para-hydroxylation sites is 1. The van der Waals surface area contributed by atoms with E-state index in [2.05, 4.69) is 6.07 Å². The predicted octanol–water partition coefficient (Wildman–Crippen LogP) is 4.31. The number of ether oxygens (including phenoxy) is 3. The van der Waals surface area contributed by atoms with E-state index in [9.17, 15) is 4.79 Å². The number of carboxylic acids is 1. The van der Waals surface area contributed by atoms with Crippen LogP contribution >= 0.6 is 0 Å². The maximum atomic E-state index is 11.1. The summed E-state index contributed by atoms with van der Waals surface area (Å²) < 4.78 is 17.3. The first-order valence-electron chi connectivity index (χ1n) is 9.72. The SMILES string of the molecule is C[C@@H](N)c1cccc(-c2cc(COc3ccccc3CC(=O)O)c3c(c2)OCO3)c1. The number of rotatable bonds is 7. The summed E-state index contributed by atoms with van der Waals surface area (Å²) in [5, 5.41) is 9.13. The Morgan fingerprint density at radius 3 is 2.70 bits per heavy atom. The van der Waals surface area contributed by atoms with Gasteiger partial charge in [-0.3, -0.25) is 4.79 Å². The minimum atomic E-state index is -0.903. The molecular weight excluding hydrogens is 382 g/mol. The number of fused-ring (bicyclic) bond motifs is 1. The Kier molecular flexibility index (Phi) is 5.59. The normalized spacial score (nSPS) is 13.1. The van der Waals surface area contributed by atoms with Crippen molar-refractivity contribution in [2.24, 2.45) is 5.73 Å². The summed E-state index contributed by atoms with van der Waals surface area (Å²) in [4.78, 5) is 11.1. The van der Waals surface area contributed by atoms with Gasteiger partial charge in [0.15, 0.2) is 11.5 Å². The molecule has 3 aromatic carbocycles. The molecule has 1 atom stereocenters. The summed E-state index contributed by atoms with van der Waals surface area (Å²) in [5.74, 6) is 0.950. The monoisotopic (exact) mass is 405 g/mol. The highest BCUT2D eigenvalue weighted by molar-refractivity contribution is 5.72. The van der Waals surface area contributed by atoms with Crippen molar-refractivity contribution in [3.05, 3.63) is 77.4 Å². The molecule has 1 heterocycles. The average Bonchev–Trinajstić information content (AvgIpc) is 3.21. The van der Waals surface area contributed by atoms with E-state index < -0.39 is 5.97 Å². The molecule has 0 saturated heterocycles.